The van der Waals surface area contributed by atoms with Gasteiger partial charge in [-0.15, -0.1) is 0 Å². The number of morpholine rings is 1. The van der Waals surface area contributed by atoms with Crippen molar-refractivity contribution >= 4 is 22.5 Å². The van der Waals surface area contributed by atoms with Gasteiger partial charge in [0.1, 0.15) is 5.84 Å². The molecule has 39 heavy (non-hydrogen) atoms. The molecule has 4 rings (SSSR count). The Hall–Kier alpha value is -2.69. The second-order valence-electron chi connectivity index (χ2n) is 10.4. The van der Waals surface area contributed by atoms with Crippen LogP contribution in [0.3, 0.4) is 0 Å². The number of carbonyl (C=O) groups excluding carboxylic acids is 1. The lowest BCUT2D eigenvalue weighted by atomic mass is 9.93. The van der Waals surface area contributed by atoms with Gasteiger partial charge < -0.3 is 30.3 Å². The normalized spacial score (nSPS) is 24.5. The maximum atomic E-state index is 12.7. The van der Waals surface area contributed by atoms with Crippen LogP contribution in [0.2, 0.25) is 0 Å². The van der Waals surface area contributed by atoms with Gasteiger partial charge in [0.25, 0.3) is 5.91 Å². The van der Waals surface area contributed by atoms with Gasteiger partial charge in [0.05, 0.1) is 40.8 Å². The van der Waals surface area contributed by atoms with Gasteiger partial charge in [-0.25, -0.2) is 0 Å². The first-order chi connectivity index (χ1) is 19.0. The number of hydrogen-bond acceptors (Lipinski definition) is 7. The highest BCUT2D eigenvalue weighted by Gasteiger charge is 2.28. The summed E-state index contributed by atoms with van der Waals surface area (Å²) in [6, 6.07) is 0.129. The molecule has 3 N–H and O–H groups in total. The molecule has 9 nitrogen and oxygen atoms in total. The molecule has 1 amide bonds. The van der Waals surface area contributed by atoms with Gasteiger partial charge in [-0.1, -0.05) is 31.4 Å². The average Bonchev–Trinajstić information content (AvgIpc) is 3.31. The second-order valence-corrected chi connectivity index (χ2v) is 11.9. The van der Waals surface area contributed by atoms with Crippen LogP contribution in [0, 0.1) is 5.92 Å². The topological polar surface area (TPSA) is 109 Å². The molecule has 3 saturated heterocycles. The zero-order valence-electron chi connectivity index (χ0n) is 22.9. The molecule has 0 saturated carbocycles. The molecule has 0 spiro atoms. The van der Waals surface area contributed by atoms with Gasteiger partial charge in [-0.05, 0) is 44.1 Å². The Morgan fingerprint density at radius 1 is 1.08 bits per heavy atom. The highest BCUT2D eigenvalue weighted by Crippen LogP contribution is 2.25. The fraction of sp³-hybridized carbons (Fsp3) is 0.586. The van der Waals surface area contributed by atoms with E-state index in [0.717, 1.165) is 51.0 Å². The second kappa shape index (κ2) is 14.6. The molecule has 1 unspecified atom stereocenters. The van der Waals surface area contributed by atoms with Crippen molar-refractivity contribution in [1.82, 2.24) is 15.1 Å². The minimum atomic E-state index is -1.14. The van der Waals surface area contributed by atoms with Crippen molar-refractivity contribution in [3.63, 3.8) is 0 Å². The smallest absolute Gasteiger partial charge is 0.253 e. The molecule has 0 radical (unpaired) electrons. The third-order valence-electron chi connectivity index (χ3n) is 7.70. The van der Waals surface area contributed by atoms with Crippen molar-refractivity contribution in [2.24, 2.45) is 16.6 Å². The molecule has 3 fully saturated rings. The van der Waals surface area contributed by atoms with Crippen LogP contribution in [0.4, 0.5) is 0 Å². The van der Waals surface area contributed by atoms with Gasteiger partial charge in [-0.2, -0.15) is 0 Å². The van der Waals surface area contributed by atoms with Crippen LogP contribution < -0.4 is 11.1 Å². The molecule has 0 aromatic rings. The number of likely N-dealkylation sites (tertiary alicyclic amines) is 1. The van der Waals surface area contributed by atoms with E-state index >= 15 is 0 Å². The molecule has 4 aliphatic rings. The number of nitrogens with one attached hydrogen (secondary N) is 1. The number of ether oxygens (including phenoxy) is 2. The number of piperidine rings is 1. The van der Waals surface area contributed by atoms with E-state index in [4.69, 9.17) is 20.2 Å². The quantitative estimate of drug-likeness (QED) is 0.194. The van der Waals surface area contributed by atoms with Crippen LogP contribution in [0.25, 0.3) is 0 Å². The van der Waals surface area contributed by atoms with E-state index in [1.54, 1.807) is 6.08 Å². The molecular weight excluding hydrogens is 514 g/mol. The molecule has 0 aromatic heterocycles. The van der Waals surface area contributed by atoms with Gasteiger partial charge in [0.2, 0.25) is 0 Å². The average molecular weight is 558 g/mol. The first kappa shape index (κ1) is 29.3. The van der Waals surface area contributed by atoms with Crippen LogP contribution in [0.5, 0.6) is 0 Å². The van der Waals surface area contributed by atoms with Crippen LogP contribution >= 0.6 is 0 Å². The van der Waals surface area contributed by atoms with Crippen molar-refractivity contribution < 1.29 is 18.5 Å². The Bertz CT molecular complexity index is 1050. The van der Waals surface area contributed by atoms with Crippen molar-refractivity contribution in [3.05, 3.63) is 59.5 Å². The number of carbonyl (C=O) groups is 1. The maximum Gasteiger partial charge on any atom is 0.253 e. The van der Waals surface area contributed by atoms with Crippen LogP contribution in [0.15, 0.2) is 64.5 Å². The Morgan fingerprint density at radius 2 is 1.77 bits per heavy atom. The van der Waals surface area contributed by atoms with E-state index in [0.29, 0.717) is 79.6 Å². The Kier molecular flexibility index (Phi) is 11.0. The summed E-state index contributed by atoms with van der Waals surface area (Å²) in [7, 11) is -1.14. The SMILES string of the molecule is C=C/C(=C\C=C/CC1CCN(C(=C)NC(=NC2CCOCC2)C2=C(N)CCS2=O)CC1)C(=O)N1CCOCC1. The van der Waals surface area contributed by atoms with Gasteiger partial charge in [-0.3, -0.25) is 14.0 Å². The van der Waals surface area contributed by atoms with Crippen LogP contribution in [0.1, 0.15) is 38.5 Å². The van der Waals surface area contributed by atoms with E-state index in [2.05, 4.69) is 29.5 Å². The van der Waals surface area contributed by atoms with E-state index in [1.165, 1.54) is 0 Å². The summed E-state index contributed by atoms with van der Waals surface area (Å²) in [5.41, 5.74) is 7.51. The fourth-order valence-corrected chi connectivity index (χ4v) is 6.56. The lowest BCUT2D eigenvalue weighted by Crippen LogP contribution is -2.41. The highest BCUT2D eigenvalue weighted by molar-refractivity contribution is 7.90. The zero-order chi connectivity index (χ0) is 27.6. The fourth-order valence-electron chi connectivity index (χ4n) is 5.24. The molecule has 10 heteroatoms. The molecule has 0 aromatic carbocycles. The van der Waals surface area contributed by atoms with Crippen molar-refractivity contribution in [2.75, 3.05) is 58.4 Å². The zero-order valence-corrected chi connectivity index (χ0v) is 23.8. The molecule has 4 heterocycles. The number of nitrogens with zero attached hydrogens (tertiary/aromatic N) is 3. The standard InChI is InChI=1S/C29H43N5O4S/c1-3-24(29(35)34-15-19-38-20-16-34)7-5-4-6-23-8-13-33(14-9-23)22(2)31-28(27-26(30)12-21-39(27)36)32-25-10-17-37-18-11-25/h3-5,7,23,25H,1-2,6,8-21,30H2,(H,31,32)/b5-4-,24-7+. The Labute approximate surface area is 235 Å². The lowest BCUT2D eigenvalue weighted by Gasteiger charge is -2.35. The predicted molar refractivity (Wildman–Crippen MR) is 156 cm³/mol. The molecule has 0 bridgehead atoms. The first-order valence-corrected chi connectivity index (χ1v) is 15.4. The summed E-state index contributed by atoms with van der Waals surface area (Å²) in [5.74, 6) is 2.51. The summed E-state index contributed by atoms with van der Waals surface area (Å²) in [6.07, 6.45) is 13.0. The summed E-state index contributed by atoms with van der Waals surface area (Å²) in [4.78, 5) is 22.3. The number of aliphatic imine (C=N–C) groups is 1. The molecule has 214 valence electrons. The maximum absolute atomic E-state index is 12.7. The Morgan fingerprint density at radius 3 is 2.41 bits per heavy atom. The minimum Gasteiger partial charge on any atom is -0.401 e. The monoisotopic (exact) mass is 557 g/mol. The van der Waals surface area contributed by atoms with Crippen molar-refractivity contribution in [3.8, 4) is 0 Å². The van der Waals surface area contributed by atoms with E-state index < -0.39 is 10.8 Å². The number of hydrogen-bond donors (Lipinski definition) is 2. The van der Waals surface area contributed by atoms with Crippen LogP contribution in [-0.4, -0.2) is 90.2 Å². The number of amidine groups is 1. The van der Waals surface area contributed by atoms with Crippen molar-refractivity contribution in [2.45, 2.75) is 44.6 Å². The lowest BCUT2D eigenvalue weighted by molar-refractivity contribution is -0.130. The van der Waals surface area contributed by atoms with E-state index in [9.17, 15) is 9.00 Å². The number of allylic oxidation sites excluding steroid dienone is 4. The molecule has 4 aliphatic heterocycles. The van der Waals surface area contributed by atoms with Crippen LogP contribution in [-0.2, 0) is 25.1 Å². The molecular formula is C29H43N5O4S. The summed E-state index contributed by atoms with van der Waals surface area (Å²) in [5, 5.41) is 3.40. The minimum absolute atomic E-state index is 0.0101. The number of rotatable bonds is 9. The number of amides is 1. The predicted octanol–water partition coefficient (Wildman–Crippen LogP) is 2.58. The largest absolute Gasteiger partial charge is 0.401 e. The van der Waals surface area contributed by atoms with Gasteiger partial charge in [0.15, 0.2) is 0 Å². The molecule has 0 aliphatic carbocycles. The van der Waals surface area contributed by atoms with E-state index in [1.807, 2.05) is 17.1 Å². The van der Waals surface area contributed by atoms with Gasteiger partial charge in [0, 0.05) is 62.8 Å². The first-order valence-electron chi connectivity index (χ1n) is 14.1. The Balaban J connectivity index is 1.28. The third kappa shape index (κ3) is 8.16. The third-order valence-corrected chi connectivity index (χ3v) is 9.18. The van der Waals surface area contributed by atoms with Crippen molar-refractivity contribution in [1.29, 1.82) is 0 Å². The summed E-state index contributed by atoms with van der Waals surface area (Å²) < 4.78 is 23.5. The molecule has 1 atom stereocenters. The van der Waals surface area contributed by atoms with E-state index in [-0.39, 0.29) is 11.9 Å². The summed E-state index contributed by atoms with van der Waals surface area (Å²) >= 11 is 0. The number of nitrogens with two attached hydrogens (primary N) is 1. The highest BCUT2D eigenvalue weighted by atomic mass is 32.2. The van der Waals surface area contributed by atoms with Gasteiger partial charge >= 0.3 is 0 Å². The summed E-state index contributed by atoms with van der Waals surface area (Å²) in [6.45, 7) is 13.7.